The Kier molecular flexibility index (Phi) is 22.5. The molecule has 0 aromatic heterocycles. The lowest BCUT2D eigenvalue weighted by Gasteiger charge is -1.70. The molecule has 50 valence electrons. The van der Waals surface area contributed by atoms with Gasteiger partial charge in [-0.05, 0) is 0 Å². The summed E-state index contributed by atoms with van der Waals surface area (Å²) in [6.07, 6.45) is 4.10. The zero-order chi connectivity index (χ0) is 6.83. The molecule has 0 aromatic carbocycles. The molecule has 0 bridgehead atoms. The summed E-state index contributed by atoms with van der Waals surface area (Å²) in [7, 11) is 0. The van der Waals surface area contributed by atoms with E-state index in [2.05, 4.69) is 44.0 Å². The molecule has 0 N–H and O–H groups in total. The third-order valence-electron chi connectivity index (χ3n) is 0.345. The van der Waals surface area contributed by atoms with E-state index in [1.165, 1.54) is 0 Å². The highest BCUT2D eigenvalue weighted by Gasteiger charge is 1.62. The minimum absolute atomic E-state index is 0.957. The smallest absolute Gasteiger partial charge is 0.0212 e. The Labute approximate surface area is 68.6 Å². The van der Waals surface area contributed by atoms with Crippen LogP contribution in [0.4, 0.5) is 0 Å². The largest absolute Gasteiger partial charge is 0.0883 e. The van der Waals surface area contributed by atoms with Gasteiger partial charge in [0.15, 0.2) is 0 Å². The Morgan fingerprint density at radius 2 is 1.25 bits per heavy atom. The van der Waals surface area contributed by atoms with E-state index in [0.29, 0.717) is 0 Å². The van der Waals surface area contributed by atoms with Crippen molar-refractivity contribution in [2.24, 2.45) is 0 Å². The summed E-state index contributed by atoms with van der Waals surface area (Å²) < 4.78 is 0. The van der Waals surface area contributed by atoms with Gasteiger partial charge in [-0.3, -0.25) is 0 Å². The van der Waals surface area contributed by atoms with Gasteiger partial charge < -0.3 is 0 Å². The minimum atomic E-state index is 0.957. The van der Waals surface area contributed by atoms with Crippen molar-refractivity contribution in [2.75, 3.05) is 10.7 Å². The van der Waals surface area contributed by atoms with E-state index in [0.717, 1.165) is 10.7 Å². The number of alkyl halides is 2. The highest BCUT2D eigenvalue weighted by molar-refractivity contribution is 9.09. The molecule has 8 heavy (non-hydrogen) atoms. The van der Waals surface area contributed by atoms with E-state index >= 15 is 0 Å². The van der Waals surface area contributed by atoms with Gasteiger partial charge in [-0.1, -0.05) is 57.9 Å². The van der Waals surface area contributed by atoms with Gasteiger partial charge in [0.1, 0.15) is 0 Å². The van der Waals surface area contributed by atoms with Crippen LogP contribution in [-0.2, 0) is 0 Å². The van der Waals surface area contributed by atoms with E-state index in [1.54, 1.807) is 0 Å². The second kappa shape index (κ2) is 15.6. The maximum absolute atomic E-state index is 3.24. The Balaban J connectivity index is 0. The average Bonchev–Trinajstić information content (AvgIpc) is 1.88. The number of rotatable bonds is 2. The molecule has 0 aromatic rings. The Bertz CT molecular complexity index is 35.8. The molecule has 0 radical (unpaired) electrons. The Morgan fingerprint density at radius 3 is 1.38 bits per heavy atom. The Morgan fingerprint density at radius 1 is 1.00 bits per heavy atom. The van der Waals surface area contributed by atoms with Crippen molar-refractivity contribution < 1.29 is 0 Å². The zero-order valence-electron chi connectivity index (χ0n) is 5.32. The molecule has 0 saturated heterocycles. The van der Waals surface area contributed by atoms with Crippen LogP contribution >= 0.6 is 31.9 Å². The van der Waals surface area contributed by atoms with Crippen molar-refractivity contribution in [1.29, 1.82) is 0 Å². The third-order valence-corrected chi connectivity index (χ3v) is 1.09. The van der Waals surface area contributed by atoms with Crippen LogP contribution < -0.4 is 0 Å². The van der Waals surface area contributed by atoms with Crippen LogP contribution in [0.15, 0.2) is 12.2 Å². The molecule has 0 saturated carbocycles. The minimum Gasteiger partial charge on any atom is -0.0883 e. The Hall–Kier alpha value is 0.700. The highest BCUT2D eigenvalue weighted by Crippen LogP contribution is 1.84. The molecule has 0 aliphatic carbocycles. The van der Waals surface area contributed by atoms with Crippen LogP contribution in [0.25, 0.3) is 0 Å². The van der Waals surface area contributed by atoms with Crippen LogP contribution in [0.5, 0.6) is 0 Å². The first-order valence-corrected chi connectivity index (χ1v) is 4.93. The quantitative estimate of drug-likeness (QED) is 0.516. The SMILES string of the molecule is BrC/C=C\CBr.CC. The lowest BCUT2D eigenvalue weighted by Crippen LogP contribution is -1.58. The van der Waals surface area contributed by atoms with Crippen LogP contribution in [-0.4, -0.2) is 10.7 Å². The van der Waals surface area contributed by atoms with Crippen molar-refractivity contribution in [3.05, 3.63) is 12.2 Å². The first kappa shape index (κ1) is 11.5. The molecule has 0 atom stereocenters. The lowest BCUT2D eigenvalue weighted by atomic mass is 10.6. The normalized spacial score (nSPS) is 8.50. The molecule has 0 nitrogen and oxygen atoms in total. The van der Waals surface area contributed by atoms with Crippen LogP contribution in [0, 0.1) is 0 Å². The van der Waals surface area contributed by atoms with Crippen molar-refractivity contribution in [3.8, 4) is 0 Å². The molecule has 0 spiro atoms. The van der Waals surface area contributed by atoms with Gasteiger partial charge in [-0.15, -0.1) is 0 Å². The molecule has 0 aliphatic heterocycles. The first-order chi connectivity index (χ1) is 3.91. The van der Waals surface area contributed by atoms with E-state index in [1.807, 2.05) is 13.8 Å². The maximum Gasteiger partial charge on any atom is 0.0212 e. The van der Waals surface area contributed by atoms with Gasteiger partial charge in [-0.25, -0.2) is 0 Å². The summed E-state index contributed by atoms with van der Waals surface area (Å²) >= 11 is 6.49. The molecule has 0 unspecified atom stereocenters. The average molecular weight is 244 g/mol. The summed E-state index contributed by atoms with van der Waals surface area (Å²) in [5.41, 5.74) is 0. The fourth-order valence-corrected chi connectivity index (χ4v) is 0.655. The van der Waals surface area contributed by atoms with Crippen molar-refractivity contribution in [1.82, 2.24) is 0 Å². The molecule has 0 fully saturated rings. The van der Waals surface area contributed by atoms with Crippen LogP contribution in [0.1, 0.15) is 13.8 Å². The lowest BCUT2D eigenvalue weighted by molar-refractivity contribution is 1.50. The number of halogens is 2. The van der Waals surface area contributed by atoms with Crippen molar-refractivity contribution in [2.45, 2.75) is 13.8 Å². The highest BCUT2D eigenvalue weighted by atomic mass is 79.9. The summed E-state index contributed by atoms with van der Waals surface area (Å²) in [6.45, 7) is 4.00. The summed E-state index contributed by atoms with van der Waals surface area (Å²) in [5.74, 6) is 0. The standard InChI is InChI=1S/C4H6Br2.C2H6/c5-3-1-2-4-6;1-2/h1-2H,3-4H2;1-2H3/b2-1-;. The predicted octanol–water partition coefficient (Wildman–Crippen LogP) is 3.36. The maximum atomic E-state index is 3.24. The summed E-state index contributed by atoms with van der Waals surface area (Å²) in [5, 5.41) is 1.91. The second-order valence-electron chi connectivity index (χ2n) is 0.780. The van der Waals surface area contributed by atoms with Gasteiger partial charge in [0.05, 0.1) is 0 Å². The molecule has 0 rings (SSSR count). The number of hydrogen-bond donors (Lipinski definition) is 0. The molecule has 2 heteroatoms. The molecular formula is C6H12Br2. The van der Waals surface area contributed by atoms with E-state index < -0.39 is 0 Å². The fourth-order valence-electron chi connectivity index (χ4n) is 0.126. The number of allylic oxidation sites excluding steroid dienone is 2. The van der Waals surface area contributed by atoms with Gasteiger partial charge >= 0.3 is 0 Å². The summed E-state index contributed by atoms with van der Waals surface area (Å²) in [6, 6.07) is 0. The van der Waals surface area contributed by atoms with Crippen molar-refractivity contribution >= 4 is 31.9 Å². The van der Waals surface area contributed by atoms with E-state index in [4.69, 9.17) is 0 Å². The van der Waals surface area contributed by atoms with Gasteiger partial charge in [0.25, 0.3) is 0 Å². The zero-order valence-corrected chi connectivity index (χ0v) is 8.50. The van der Waals surface area contributed by atoms with E-state index in [-0.39, 0.29) is 0 Å². The topological polar surface area (TPSA) is 0 Å². The van der Waals surface area contributed by atoms with Gasteiger partial charge in [0, 0.05) is 10.7 Å². The summed E-state index contributed by atoms with van der Waals surface area (Å²) in [4.78, 5) is 0. The monoisotopic (exact) mass is 242 g/mol. The van der Waals surface area contributed by atoms with Crippen LogP contribution in [0.3, 0.4) is 0 Å². The first-order valence-electron chi connectivity index (χ1n) is 2.68. The third kappa shape index (κ3) is 15.9. The van der Waals surface area contributed by atoms with Gasteiger partial charge in [-0.2, -0.15) is 0 Å². The fraction of sp³-hybridized carbons (Fsp3) is 0.667. The molecule has 0 amide bonds. The van der Waals surface area contributed by atoms with E-state index in [9.17, 15) is 0 Å². The molecule has 0 heterocycles. The van der Waals surface area contributed by atoms with Crippen LogP contribution in [0.2, 0.25) is 0 Å². The van der Waals surface area contributed by atoms with Gasteiger partial charge in [0.2, 0.25) is 0 Å². The number of hydrogen-bond acceptors (Lipinski definition) is 0. The molecule has 0 aliphatic rings. The predicted molar refractivity (Wildman–Crippen MR) is 48.1 cm³/mol. The second-order valence-corrected chi connectivity index (χ2v) is 2.07. The molecular weight excluding hydrogens is 232 g/mol. The van der Waals surface area contributed by atoms with Crippen molar-refractivity contribution in [3.63, 3.8) is 0 Å².